The van der Waals surface area contributed by atoms with Crippen LogP contribution in [0.2, 0.25) is 0 Å². The number of piperidine rings is 1. The van der Waals surface area contributed by atoms with Crippen LogP contribution in [0.25, 0.3) is 10.8 Å². The van der Waals surface area contributed by atoms with Crippen molar-refractivity contribution in [3.63, 3.8) is 0 Å². The number of hydrogen-bond donors (Lipinski definition) is 3. The van der Waals surface area contributed by atoms with Gasteiger partial charge in [0.2, 0.25) is 0 Å². The van der Waals surface area contributed by atoms with E-state index < -0.39 is 17.9 Å². The van der Waals surface area contributed by atoms with Crippen LogP contribution in [0.3, 0.4) is 0 Å². The summed E-state index contributed by atoms with van der Waals surface area (Å²) < 4.78 is 39.7. The molecule has 1 fully saturated rings. The number of rotatable bonds is 4. The van der Waals surface area contributed by atoms with Gasteiger partial charge in [-0.2, -0.15) is 13.2 Å². The van der Waals surface area contributed by atoms with Crippen molar-refractivity contribution in [2.24, 2.45) is 5.92 Å². The van der Waals surface area contributed by atoms with E-state index in [4.69, 9.17) is 0 Å². The van der Waals surface area contributed by atoms with Crippen LogP contribution in [-0.2, 0) is 12.7 Å². The van der Waals surface area contributed by atoms with Crippen LogP contribution in [0.5, 0.6) is 0 Å². The van der Waals surface area contributed by atoms with Crippen molar-refractivity contribution in [2.45, 2.75) is 32.5 Å². The van der Waals surface area contributed by atoms with E-state index in [0.717, 1.165) is 24.3 Å². The summed E-state index contributed by atoms with van der Waals surface area (Å²) in [5, 5.41) is 6.50. The average molecular weight is 459 g/mol. The smallest absolute Gasteiger partial charge is 0.356 e. The number of nitrogens with one attached hydrogen (secondary N) is 3. The fourth-order valence-electron chi connectivity index (χ4n) is 3.88. The minimum absolute atomic E-state index is 0.00647. The number of hydrogen-bond acceptors (Lipinski definition) is 4. The molecule has 3 N–H and O–H groups in total. The zero-order valence-corrected chi connectivity index (χ0v) is 18.0. The molecule has 1 aliphatic rings. The van der Waals surface area contributed by atoms with Crippen LogP contribution in [-0.4, -0.2) is 29.1 Å². The number of aromatic nitrogens is 2. The molecule has 0 aliphatic carbocycles. The quantitative estimate of drug-likeness (QED) is 0.536. The zero-order chi connectivity index (χ0) is 23.6. The van der Waals surface area contributed by atoms with Crippen molar-refractivity contribution in [3.05, 3.63) is 64.2 Å². The monoisotopic (exact) mass is 459 g/mol. The number of amides is 2. The maximum atomic E-state index is 13.2. The Balaban J connectivity index is 1.49. The first-order valence-corrected chi connectivity index (χ1v) is 10.7. The number of carbonyl (C=O) groups excluding carboxylic acids is 1. The number of nitrogens with zero attached hydrogens (tertiary/aromatic N) is 2. The second kappa shape index (κ2) is 9.13. The number of anilines is 2. The molecule has 2 aromatic heterocycles. The predicted molar refractivity (Wildman–Crippen MR) is 120 cm³/mol. The zero-order valence-electron chi connectivity index (χ0n) is 18.0. The molecule has 1 aromatic carbocycles. The molecule has 1 saturated heterocycles. The van der Waals surface area contributed by atoms with Crippen LogP contribution in [0.4, 0.5) is 29.5 Å². The van der Waals surface area contributed by atoms with Gasteiger partial charge >= 0.3 is 12.2 Å². The van der Waals surface area contributed by atoms with Gasteiger partial charge in [0.25, 0.3) is 5.56 Å². The number of alkyl halides is 3. The fourth-order valence-corrected chi connectivity index (χ4v) is 3.88. The molecule has 0 bridgehead atoms. The van der Waals surface area contributed by atoms with Crippen molar-refractivity contribution in [3.8, 4) is 0 Å². The van der Waals surface area contributed by atoms with Crippen molar-refractivity contribution in [2.75, 3.05) is 23.3 Å². The number of urea groups is 1. The summed E-state index contributed by atoms with van der Waals surface area (Å²) in [7, 11) is 0. The van der Waals surface area contributed by atoms with Gasteiger partial charge in [0.05, 0.1) is 0 Å². The normalized spacial score (nSPS) is 15.0. The molecule has 3 heterocycles. The Morgan fingerprint density at radius 2 is 1.94 bits per heavy atom. The molecule has 0 radical (unpaired) electrons. The summed E-state index contributed by atoms with van der Waals surface area (Å²) in [6.07, 6.45) is -1.27. The number of aromatic amines is 1. The van der Waals surface area contributed by atoms with Crippen molar-refractivity contribution < 1.29 is 18.0 Å². The number of carbonyl (C=O) groups is 1. The Morgan fingerprint density at radius 3 is 2.67 bits per heavy atom. The highest BCUT2D eigenvalue weighted by Gasteiger charge is 2.34. The minimum atomic E-state index is -4.55. The minimum Gasteiger partial charge on any atom is -0.356 e. The number of benzene rings is 1. The second-order valence-electron chi connectivity index (χ2n) is 8.26. The first-order chi connectivity index (χ1) is 15.7. The molecular formula is C23H24F3N5O2. The highest BCUT2D eigenvalue weighted by atomic mass is 19.4. The molecule has 7 nitrogen and oxygen atoms in total. The van der Waals surface area contributed by atoms with Crippen LogP contribution in [0.1, 0.15) is 31.0 Å². The predicted octanol–water partition coefficient (Wildman–Crippen LogP) is 4.50. The molecule has 0 spiro atoms. The third-order valence-electron chi connectivity index (χ3n) is 5.80. The first-order valence-electron chi connectivity index (χ1n) is 10.7. The number of pyridine rings is 2. The fraction of sp³-hybridized carbons (Fsp3) is 0.348. The highest BCUT2D eigenvalue weighted by Crippen LogP contribution is 2.32. The van der Waals surface area contributed by atoms with Crippen LogP contribution < -0.4 is 21.1 Å². The Bertz CT molecular complexity index is 1220. The standard InChI is InChI=1S/C23H24F3N5O2/c1-14-7-10-31(11-8-14)20-16(3-5-19(30-20)23(24,25)26)13-28-22(33)29-17-4-2-15-6-9-27-21(32)18(15)12-17/h2-6,9,12,14H,7-8,10-11,13H2,1H3,(H,27,32)(H2,28,29,33). The van der Waals surface area contributed by atoms with Crippen LogP contribution in [0, 0.1) is 5.92 Å². The van der Waals surface area contributed by atoms with E-state index in [1.807, 2.05) is 4.90 Å². The maximum absolute atomic E-state index is 13.2. The van der Waals surface area contributed by atoms with Gasteiger partial charge in [0.1, 0.15) is 11.5 Å². The molecule has 0 unspecified atom stereocenters. The molecule has 2 amide bonds. The van der Waals surface area contributed by atoms with E-state index in [-0.39, 0.29) is 17.9 Å². The number of halogens is 3. The van der Waals surface area contributed by atoms with Gasteiger partial charge in [-0.3, -0.25) is 4.79 Å². The summed E-state index contributed by atoms with van der Waals surface area (Å²) in [5.41, 5.74) is -0.297. The molecule has 10 heteroatoms. The summed E-state index contributed by atoms with van der Waals surface area (Å²) >= 11 is 0. The van der Waals surface area contributed by atoms with E-state index in [9.17, 15) is 22.8 Å². The lowest BCUT2D eigenvalue weighted by Crippen LogP contribution is -2.35. The van der Waals surface area contributed by atoms with Gasteiger partial charge in [-0.05, 0) is 48.4 Å². The summed E-state index contributed by atoms with van der Waals surface area (Å²) in [5.74, 6) is 0.753. The number of H-pyrrole nitrogens is 1. The first kappa shape index (κ1) is 22.6. The lowest BCUT2D eigenvalue weighted by Gasteiger charge is -2.33. The molecular weight excluding hydrogens is 435 g/mol. The van der Waals surface area contributed by atoms with E-state index in [2.05, 4.69) is 27.5 Å². The Morgan fingerprint density at radius 1 is 1.18 bits per heavy atom. The Hall–Kier alpha value is -3.56. The van der Waals surface area contributed by atoms with E-state index >= 15 is 0 Å². The summed E-state index contributed by atoms with van der Waals surface area (Å²) in [4.78, 5) is 32.7. The Kier molecular flexibility index (Phi) is 6.26. The molecule has 33 heavy (non-hydrogen) atoms. The van der Waals surface area contributed by atoms with Gasteiger partial charge in [0, 0.05) is 42.5 Å². The topological polar surface area (TPSA) is 90.1 Å². The van der Waals surface area contributed by atoms with E-state index in [0.29, 0.717) is 35.6 Å². The van der Waals surface area contributed by atoms with E-state index in [1.165, 1.54) is 6.07 Å². The number of fused-ring (bicyclic) bond motifs is 1. The molecule has 0 saturated carbocycles. The Labute approximate surface area is 188 Å². The van der Waals surface area contributed by atoms with Crippen LogP contribution >= 0.6 is 0 Å². The largest absolute Gasteiger partial charge is 0.433 e. The van der Waals surface area contributed by atoms with Gasteiger partial charge < -0.3 is 20.5 Å². The maximum Gasteiger partial charge on any atom is 0.433 e. The van der Waals surface area contributed by atoms with Gasteiger partial charge in [-0.25, -0.2) is 9.78 Å². The third-order valence-corrected chi connectivity index (χ3v) is 5.80. The lowest BCUT2D eigenvalue weighted by molar-refractivity contribution is -0.141. The van der Waals surface area contributed by atoms with Crippen LogP contribution in [0.15, 0.2) is 47.4 Å². The molecule has 1 aliphatic heterocycles. The third kappa shape index (κ3) is 5.27. The molecule has 3 aromatic rings. The summed E-state index contributed by atoms with van der Waals surface area (Å²) in [6, 6.07) is 8.45. The van der Waals surface area contributed by atoms with Gasteiger partial charge in [-0.15, -0.1) is 0 Å². The molecule has 174 valence electrons. The van der Waals surface area contributed by atoms with Gasteiger partial charge in [-0.1, -0.05) is 19.1 Å². The van der Waals surface area contributed by atoms with Crippen molar-refractivity contribution in [1.82, 2.24) is 15.3 Å². The molecule has 4 rings (SSSR count). The second-order valence-corrected chi connectivity index (χ2v) is 8.26. The molecule has 0 atom stereocenters. The SMILES string of the molecule is CC1CCN(c2nc(C(F)(F)F)ccc2CNC(=O)Nc2ccc3cc[nH]c(=O)c3c2)CC1. The van der Waals surface area contributed by atoms with E-state index in [1.54, 1.807) is 30.5 Å². The lowest BCUT2D eigenvalue weighted by atomic mass is 9.99. The van der Waals surface area contributed by atoms with Gasteiger partial charge in [0.15, 0.2) is 0 Å². The summed E-state index contributed by atoms with van der Waals surface area (Å²) in [6.45, 7) is 3.34. The van der Waals surface area contributed by atoms with Crippen molar-refractivity contribution >= 4 is 28.3 Å². The van der Waals surface area contributed by atoms with Crippen molar-refractivity contribution in [1.29, 1.82) is 0 Å². The average Bonchev–Trinajstić information content (AvgIpc) is 2.78. The highest BCUT2D eigenvalue weighted by molar-refractivity contribution is 5.93.